The number of alkyl halides is 1. The van der Waals surface area contributed by atoms with Crippen molar-refractivity contribution in [3.05, 3.63) is 17.7 Å². The molecule has 0 aliphatic carbocycles. The van der Waals surface area contributed by atoms with E-state index < -0.39 is 0 Å². The summed E-state index contributed by atoms with van der Waals surface area (Å²) >= 11 is 3.04. The minimum absolute atomic E-state index is 0.136. The molecular formula is C10H11BrO4. The molecule has 1 N–H and O–H groups in total. The smallest absolute Gasteiger partial charge is 0.177 e. The zero-order valence-electron chi connectivity index (χ0n) is 8.41. The second kappa shape index (κ2) is 5.02. The van der Waals surface area contributed by atoms with Crippen LogP contribution in [0, 0.1) is 0 Å². The van der Waals surface area contributed by atoms with Gasteiger partial charge in [0.15, 0.2) is 17.3 Å². The fraction of sp³-hybridized carbons (Fsp3) is 0.300. The molecule has 0 atom stereocenters. The lowest BCUT2D eigenvalue weighted by Gasteiger charge is -2.09. The van der Waals surface area contributed by atoms with Crippen molar-refractivity contribution in [1.82, 2.24) is 0 Å². The lowest BCUT2D eigenvalue weighted by atomic mass is 10.1. The first-order chi connectivity index (χ1) is 7.13. The first-order valence-electron chi connectivity index (χ1n) is 4.18. The third-order valence-electron chi connectivity index (χ3n) is 1.93. The number of ether oxygens (including phenoxy) is 2. The maximum atomic E-state index is 11.5. The fourth-order valence-corrected chi connectivity index (χ4v) is 1.44. The van der Waals surface area contributed by atoms with Gasteiger partial charge in [0, 0.05) is 6.07 Å². The van der Waals surface area contributed by atoms with Crippen molar-refractivity contribution < 1.29 is 19.4 Å². The average molecular weight is 275 g/mol. The number of phenols is 1. The number of carbonyl (C=O) groups excluding carboxylic acids is 1. The van der Waals surface area contributed by atoms with Gasteiger partial charge in [0.05, 0.1) is 25.1 Å². The van der Waals surface area contributed by atoms with Gasteiger partial charge >= 0.3 is 0 Å². The first-order valence-corrected chi connectivity index (χ1v) is 5.30. The van der Waals surface area contributed by atoms with E-state index in [1.165, 1.54) is 26.4 Å². The van der Waals surface area contributed by atoms with Gasteiger partial charge in [-0.15, -0.1) is 0 Å². The van der Waals surface area contributed by atoms with Crippen LogP contribution in [0.1, 0.15) is 10.4 Å². The molecule has 1 aromatic carbocycles. The standard InChI is InChI=1S/C10H11BrO4/c1-14-6-3-7(8(12)5-11)10(13)9(4-6)15-2/h3-4,13H,5H2,1-2H3. The number of benzene rings is 1. The summed E-state index contributed by atoms with van der Waals surface area (Å²) in [6, 6.07) is 2.99. The Kier molecular flexibility index (Phi) is 3.96. The summed E-state index contributed by atoms with van der Waals surface area (Å²) in [6.07, 6.45) is 0. The number of ketones is 1. The van der Waals surface area contributed by atoms with Gasteiger partial charge in [-0.2, -0.15) is 0 Å². The largest absolute Gasteiger partial charge is 0.504 e. The molecule has 0 heterocycles. The van der Waals surface area contributed by atoms with E-state index in [0.717, 1.165) is 0 Å². The molecule has 0 amide bonds. The Bertz CT molecular complexity index is 376. The number of hydrogen-bond donors (Lipinski definition) is 1. The van der Waals surface area contributed by atoms with Crippen molar-refractivity contribution in [2.24, 2.45) is 0 Å². The van der Waals surface area contributed by atoms with Gasteiger partial charge in [-0.25, -0.2) is 0 Å². The van der Waals surface area contributed by atoms with Crippen LogP contribution < -0.4 is 9.47 Å². The third-order valence-corrected chi connectivity index (χ3v) is 2.44. The fourth-order valence-electron chi connectivity index (χ4n) is 1.14. The third kappa shape index (κ3) is 2.41. The molecule has 5 heteroatoms. The molecule has 0 aliphatic heterocycles. The van der Waals surface area contributed by atoms with Crippen LogP contribution in [0.4, 0.5) is 0 Å². The number of carbonyl (C=O) groups is 1. The number of halogens is 1. The Balaban J connectivity index is 3.30. The lowest BCUT2D eigenvalue weighted by molar-refractivity contribution is 0.102. The molecule has 0 aromatic heterocycles. The van der Waals surface area contributed by atoms with Gasteiger partial charge in [0.1, 0.15) is 5.75 Å². The topological polar surface area (TPSA) is 55.8 Å². The molecule has 0 fully saturated rings. The molecule has 4 nitrogen and oxygen atoms in total. The highest BCUT2D eigenvalue weighted by atomic mass is 79.9. The van der Waals surface area contributed by atoms with E-state index in [2.05, 4.69) is 15.9 Å². The quantitative estimate of drug-likeness (QED) is 0.674. The molecule has 0 radical (unpaired) electrons. The van der Waals surface area contributed by atoms with Crippen molar-refractivity contribution >= 4 is 21.7 Å². The second-order valence-electron chi connectivity index (χ2n) is 2.78. The molecule has 1 rings (SSSR count). The van der Waals surface area contributed by atoms with Gasteiger partial charge in [0.2, 0.25) is 0 Å². The number of methoxy groups -OCH3 is 2. The van der Waals surface area contributed by atoms with Crippen LogP contribution in [0.3, 0.4) is 0 Å². The van der Waals surface area contributed by atoms with E-state index in [4.69, 9.17) is 9.47 Å². The molecule has 0 unspecified atom stereocenters. The average Bonchev–Trinajstić information content (AvgIpc) is 2.28. The Morgan fingerprint density at radius 3 is 2.53 bits per heavy atom. The summed E-state index contributed by atoms with van der Waals surface area (Å²) in [5.74, 6) is 0.292. The van der Waals surface area contributed by atoms with E-state index in [-0.39, 0.29) is 28.2 Å². The lowest BCUT2D eigenvalue weighted by Crippen LogP contribution is -2.02. The van der Waals surface area contributed by atoms with Crippen LogP contribution >= 0.6 is 15.9 Å². The van der Waals surface area contributed by atoms with Crippen molar-refractivity contribution in [2.75, 3.05) is 19.5 Å². The normalized spacial score (nSPS) is 9.80. The number of hydrogen-bond acceptors (Lipinski definition) is 4. The SMILES string of the molecule is COc1cc(OC)c(O)c(C(=O)CBr)c1. The monoisotopic (exact) mass is 274 g/mol. The Morgan fingerprint density at radius 2 is 2.07 bits per heavy atom. The number of aromatic hydroxyl groups is 1. The zero-order chi connectivity index (χ0) is 11.4. The summed E-state index contributed by atoms with van der Waals surface area (Å²) < 4.78 is 9.91. The second-order valence-corrected chi connectivity index (χ2v) is 3.34. The van der Waals surface area contributed by atoms with Gasteiger partial charge in [-0.05, 0) is 6.07 Å². The van der Waals surface area contributed by atoms with Crippen LogP contribution in [0.5, 0.6) is 17.2 Å². The maximum Gasteiger partial charge on any atom is 0.177 e. The van der Waals surface area contributed by atoms with Crippen molar-refractivity contribution in [3.63, 3.8) is 0 Å². The molecule has 15 heavy (non-hydrogen) atoms. The molecular weight excluding hydrogens is 264 g/mol. The highest BCUT2D eigenvalue weighted by Crippen LogP contribution is 2.34. The molecule has 0 saturated heterocycles. The molecule has 1 aromatic rings. The maximum absolute atomic E-state index is 11.5. The van der Waals surface area contributed by atoms with Crippen LogP contribution in [0.15, 0.2) is 12.1 Å². The van der Waals surface area contributed by atoms with Crippen LogP contribution in [-0.4, -0.2) is 30.4 Å². The molecule has 0 saturated carbocycles. The summed E-state index contributed by atoms with van der Waals surface area (Å²) in [4.78, 5) is 11.5. The molecule has 82 valence electrons. The Labute approximate surface area is 95.9 Å². The van der Waals surface area contributed by atoms with E-state index in [1.54, 1.807) is 0 Å². The van der Waals surface area contributed by atoms with Gasteiger partial charge in [-0.3, -0.25) is 4.79 Å². The van der Waals surface area contributed by atoms with E-state index >= 15 is 0 Å². The van der Waals surface area contributed by atoms with E-state index in [9.17, 15) is 9.90 Å². The zero-order valence-corrected chi connectivity index (χ0v) is 10.00. The summed E-state index contributed by atoms with van der Waals surface area (Å²) in [7, 11) is 2.89. The van der Waals surface area contributed by atoms with Crippen LogP contribution in [-0.2, 0) is 0 Å². The summed E-state index contributed by atoms with van der Waals surface area (Å²) in [5, 5.41) is 9.82. The highest BCUT2D eigenvalue weighted by molar-refractivity contribution is 9.09. The summed E-state index contributed by atoms with van der Waals surface area (Å²) in [6.45, 7) is 0. The Hall–Kier alpha value is -1.23. The van der Waals surface area contributed by atoms with Crippen molar-refractivity contribution in [3.8, 4) is 17.2 Å². The van der Waals surface area contributed by atoms with E-state index in [0.29, 0.717) is 5.75 Å². The highest BCUT2D eigenvalue weighted by Gasteiger charge is 2.16. The van der Waals surface area contributed by atoms with Crippen molar-refractivity contribution in [2.45, 2.75) is 0 Å². The molecule has 0 aliphatic rings. The number of phenolic OH excluding ortho intramolecular Hbond substituents is 1. The summed E-state index contributed by atoms with van der Waals surface area (Å²) in [5.41, 5.74) is 0.183. The predicted octanol–water partition coefficient (Wildman–Crippen LogP) is 1.99. The van der Waals surface area contributed by atoms with Crippen LogP contribution in [0.2, 0.25) is 0 Å². The minimum Gasteiger partial charge on any atom is -0.504 e. The molecule has 0 bridgehead atoms. The minimum atomic E-state index is -0.232. The van der Waals surface area contributed by atoms with Gasteiger partial charge in [-0.1, -0.05) is 15.9 Å². The Morgan fingerprint density at radius 1 is 1.40 bits per heavy atom. The van der Waals surface area contributed by atoms with Gasteiger partial charge < -0.3 is 14.6 Å². The number of Topliss-reactive ketones (excluding diaryl/α,β-unsaturated/α-hetero) is 1. The molecule has 0 spiro atoms. The van der Waals surface area contributed by atoms with Gasteiger partial charge in [0.25, 0.3) is 0 Å². The van der Waals surface area contributed by atoms with Crippen LogP contribution in [0.25, 0.3) is 0 Å². The van der Waals surface area contributed by atoms with Crippen molar-refractivity contribution in [1.29, 1.82) is 0 Å². The number of rotatable bonds is 4. The predicted molar refractivity (Wildman–Crippen MR) is 59.3 cm³/mol. The van der Waals surface area contributed by atoms with E-state index in [1.807, 2.05) is 0 Å². The first kappa shape index (κ1) is 11.8.